The van der Waals surface area contributed by atoms with E-state index in [0.29, 0.717) is 28.4 Å². The Labute approximate surface area is 185 Å². The molecule has 0 spiro atoms. The number of aromatic nitrogens is 4. The number of halogens is 1. The first-order valence-electron chi connectivity index (χ1n) is 10.6. The van der Waals surface area contributed by atoms with Gasteiger partial charge in [0.1, 0.15) is 29.0 Å². The van der Waals surface area contributed by atoms with Crippen molar-refractivity contribution < 1.29 is 4.39 Å². The fourth-order valence-corrected chi connectivity index (χ4v) is 4.19. The maximum Gasteiger partial charge on any atom is 0.168 e. The normalized spacial score (nSPS) is 16.3. The highest BCUT2D eigenvalue weighted by Gasteiger charge is 2.24. The van der Waals surface area contributed by atoms with Crippen LogP contribution in [0.3, 0.4) is 0 Å². The molecule has 32 heavy (non-hydrogen) atoms. The lowest BCUT2D eigenvalue weighted by Crippen LogP contribution is -2.42. The zero-order chi connectivity index (χ0) is 22.2. The molecule has 5 rings (SSSR count). The summed E-state index contributed by atoms with van der Waals surface area (Å²) in [6.45, 7) is 3.61. The van der Waals surface area contributed by atoms with Crippen molar-refractivity contribution in [2.45, 2.75) is 25.8 Å². The predicted molar refractivity (Wildman–Crippen MR) is 121 cm³/mol. The van der Waals surface area contributed by atoms with Crippen LogP contribution in [0.15, 0.2) is 48.8 Å². The van der Waals surface area contributed by atoms with E-state index in [4.69, 9.17) is 16.0 Å². The molecule has 0 bridgehead atoms. The number of imidazole rings is 1. The summed E-state index contributed by atoms with van der Waals surface area (Å²) in [7, 11) is 0. The summed E-state index contributed by atoms with van der Waals surface area (Å²) in [5.41, 5.74) is 10.1. The zero-order valence-electron chi connectivity index (χ0n) is 17.7. The molecule has 0 amide bonds. The van der Waals surface area contributed by atoms with Crippen LogP contribution in [0.2, 0.25) is 0 Å². The van der Waals surface area contributed by atoms with Gasteiger partial charge in [0.2, 0.25) is 0 Å². The van der Waals surface area contributed by atoms with Gasteiger partial charge in [0.15, 0.2) is 5.65 Å². The number of fused-ring (bicyclic) bond motifs is 1. The Morgan fingerprint density at radius 1 is 1.19 bits per heavy atom. The molecule has 1 atom stereocenters. The monoisotopic (exact) mass is 427 g/mol. The highest BCUT2D eigenvalue weighted by Crippen LogP contribution is 2.33. The summed E-state index contributed by atoms with van der Waals surface area (Å²) >= 11 is 0. The molecule has 0 unspecified atom stereocenters. The summed E-state index contributed by atoms with van der Waals surface area (Å²) in [6.07, 6.45) is 5.55. The van der Waals surface area contributed by atoms with Crippen molar-refractivity contribution in [3.63, 3.8) is 0 Å². The predicted octanol–water partition coefficient (Wildman–Crippen LogP) is 3.73. The molecule has 2 N–H and O–H groups in total. The maximum atomic E-state index is 14.5. The number of piperidine rings is 1. The van der Waals surface area contributed by atoms with Gasteiger partial charge >= 0.3 is 0 Å². The molecule has 4 aromatic rings. The number of rotatable bonds is 3. The molecular formula is C24H22FN7. The number of aryl methyl sites for hydroxylation is 1. The summed E-state index contributed by atoms with van der Waals surface area (Å²) in [5.74, 6) is 0.564. The Morgan fingerprint density at radius 3 is 2.78 bits per heavy atom. The number of benzene rings is 1. The zero-order valence-corrected chi connectivity index (χ0v) is 17.7. The molecule has 0 saturated carbocycles. The Morgan fingerprint density at radius 2 is 2.06 bits per heavy atom. The molecule has 1 aromatic carbocycles. The minimum Gasteiger partial charge on any atom is -0.368 e. The lowest BCUT2D eigenvalue weighted by atomic mass is 10.1. The highest BCUT2D eigenvalue weighted by atomic mass is 19.1. The first kappa shape index (κ1) is 20.1. The van der Waals surface area contributed by atoms with E-state index in [0.717, 1.165) is 37.2 Å². The van der Waals surface area contributed by atoms with Crippen molar-refractivity contribution in [1.29, 1.82) is 5.26 Å². The highest BCUT2D eigenvalue weighted by molar-refractivity contribution is 5.90. The average molecular weight is 427 g/mol. The first-order chi connectivity index (χ1) is 15.5. The smallest absolute Gasteiger partial charge is 0.168 e. The average Bonchev–Trinajstić information content (AvgIpc) is 3.19. The van der Waals surface area contributed by atoms with Gasteiger partial charge < -0.3 is 10.6 Å². The summed E-state index contributed by atoms with van der Waals surface area (Å²) in [5, 5.41) is 9.11. The van der Waals surface area contributed by atoms with E-state index in [2.05, 4.69) is 14.9 Å². The van der Waals surface area contributed by atoms with Crippen molar-refractivity contribution in [1.82, 2.24) is 19.5 Å². The van der Waals surface area contributed by atoms with Crippen molar-refractivity contribution >= 4 is 16.9 Å². The van der Waals surface area contributed by atoms with Gasteiger partial charge in [0, 0.05) is 37.1 Å². The van der Waals surface area contributed by atoms with E-state index in [-0.39, 0.29) is 11.6 Å². The number of pyridine rings is 2. The number of nitrogens with two attached hydrogens (primary N) is 1. The number of hydrogen-bond acceptors (Lipinski definition) is 6. The fourth-order valence-electron chi connectivity index (χ4n) is 4.19. The Bertz CT molecular complexity index is 1340. The van der Waals surface area contributed by atoms with Crippen LogP contribution < -0.4 is 10.6 Å². The largest absolute Gasteiger partial charge is 0.368 e. The second-order valence-corrected chi connectivity index (χ2v) is 8.12. The SMILES string of the molecule is Cc1ccc(-n2c(-c3ccc(C#N)c(F)c3)nc3c(N4CCC[C@@H](N)C4)ccnc32)nc1. The lowest BCUT2D eigenvalue weighted by molar-refractivity contribution is 0.507. The van der Waals surface area contributed by atoms with Crippen molar-refractivity contribution in [2.75, 3.05) is 18.0 Å². The van der Waals surface area contributed by atoms with Gasteiger partial charge in [0.25, 0.3) is 0 Å². The third-order valence-corrected chi connectivity index (χ3v) is 5.80. The minimum atomic E-state index is -0.587. The van der Waals surface area contributed by atoms with E-state index in [1.54, 1.807) is 18.5 Å². The van der Waals surface area contributed by atoms with Gasteiger partial charge in [-0.15, -0.1) is 0 Å². The number of hydrogen-bond donors (Lipinski definition) is 1. The quantitative estimate of drug-likeness (QED) is 0.535. The van der Waals surface area contributed by atoms with E-state index in [1.807, 2.05) is 35.8 Å². The lowest BCUT2D eigenvalue weighted by Gasteiger charge is -2.32. The van der Waals surface area contributed by atoms with Gasteiger partial charge in [-0.2, -0.15) is 5.26 Å². The van der Waals surface area contributed by atoms with Crippen LogP contribution in [-0.2, 0) is 0 Å². The number of nitrogens with zero attached hydrogens (tertiary/aromatic N) is 6. The molecule has 3 aromatic heterocycles. The maximum absolute atomic E-state index is 14.5. The molecule has 1 aliphatic rings. The second-order valence-electron chi connectivity index (χ2n) is 8.12. The molecule has 7 nitrogen and oxygen atoms in total. The molecule has 1 fully saturated rings. The van der Waals surface area contributed by atoms with Gasteiger partial charge in [-0.1, -0.05) is 6.07 Å². The van der Waals surface area contributed by atoms with Crippen LogP contribution in [-0.4, -0.2) is 38.7 Å². The summed E-state index contributed by atoms with van der Waals surface area (Å²) in [4.78, 5) is 16.3. The van der Waals surface area contributed by atoms with Gasteiger partial charge in [-0.05, 0) is 55.7 Å². The minimum absolute atomic E-state index is 0.00834. The van der Waals surface area contributed by atoms with Gasteiger partial charge in [-0.25, -0.2) is 19.3 Å². The van der Waals surface area contributed by atoms with Crippen LogP contribution in [0.1, 0.15) is 24.0 Å². The molecule has 0 aliphatic carbocycles. The van der Waals surface area contributed by atoms with Crippen molar-refractivity contribution in [3.05, 3.63) is 65.7 Å². The van der Waals surface area contributed by atoms with Crippen molar-refractivity contribution in [3.8, 4) is 23.3 Å². The molecule has 1 aliphatic heterocycles. The fraction of sp³-hybridized carbons (Fsp3) is 0.250. The molecule has 0 radical (unpaired) electrons. The second kappa shape index (κ2) is 8.02. The molecule has 1 saturated heterocycles. The van der Waals surface area contributed by atoms with Gasteiger partial charge in [0.05, 0.1) is 11.3 Å². The number of nitriles is 1. The third kappa shape index (κ3) is 3.47. The molecule has 8 heteroatoms. The van der Waals surface area contributed by atoms with Crippen LogP contribution in [0.25, 0.3) is 28.4 Å². The summed E-state index contributed by atoms with van der Waals surface area (Å²) in [6, 6.07) is 12.3. The molecular weight excluding hydrogens is 405 g/mol. The Hall–Kier alpha value is -3.83. The van der Waals surface area contributed by atoms with Crippen LogP contribution in [0.4, 0.5) is 10.1 Å². The van der Waals surface area contributed by atoms with Crippen LogP contribution in [0, 0.1) is 24.1 Å². The Kier molecular flexibility index (Phi) is 5.04. The standard InChI is InChI=1S/C24H22FN7/c1-15-4-7-21(29-13-15)32-23(16-5-6-17(12-26)19(25)11-16)30-22-20(8-9-28-24(22)32)31-10-2-3-18(27)14-31/h4-9,11,13,18H,2-3,10,14,27H2,1H3/t18-/m1/s1. The first-order valence-corrected chi connectivity index (χ1v) is 10.6. The molecule has 4 heterocycles. The molecule has 160 valence electrons. The van der Waals surface area contributed by atoms with Crippen LogP contribution in [0.5, 0.6) is 0 Å². The van der Waals surface area contributed by atoms with Crippen LogP contribution >= 0.6 is 0 Å². The topological polar surface area (TPSA) is 96.7 Å². The number of anilines is 1. The van der Waals surface area contributed by atoms with Gasteiger partial charge in [-0.3, -0.25) is 4.57 Å². The third-order valence-electron chi connectivity index (χ3n) is 5.80. The van der Waals surface area contributed by atoms with E-state index >= 15 is 0 Å². The van der Waals surface area contributed by atoms with Crippen molar-refractivity contribution in [2.24, 2.45) is 5.73 Å². The van der Waals surface area contributed by atoms with E-state index in [1.165, 1.54) is 12.1 Å². The van der Waals surface area contributed by atoms with E-state index < -0.39 is 5.82 Å². The summed E-state index contributed by atoms with van der Waals surface area (Å²) < 4.78 is 16.3. The Balaban J connectivity index is 1.75. The van der Waals surface area contributed by atoms with E-state index in [9.17, 15) is 4.39 Å².